The molecule has 4 nitrogen and oxygen atoms in total. The van der Waals surface area contributed by atoms with Gasteiger partial charge in [0.25, 0.3) is 0 Å². The summed E-state index contributed by atoms with van der Waals surface area (Å²) in [6.07, 6.45) is 2.21. The molecule has 0 saturated heterocycles. The van der Waals surface area contributed by atoms with E-state index in [9.17, 15) is 9.90 Å². The second kappa shape index (κ2) is 5.10. The second-order valence-electron chi connectivity index (χ2n) is 4.20. The largest absolute Gasteiger partial charge is 0.393 e. The van der Waals surface area contributed by atoms with Crippen molar-refractivity contribution in [1.82, 2.24) is 5.43 Å². The number of hydrogen-bond acceptors (Lipinski definition) is 3. The van der Waals surface area contributed by atoms with Gasteiger partial charge >= 0.3 is 0 Å². The van der Waals surface area contributed by atoms with Gasteiger partial charge in [0.2, 0.25) is 5.91 Å². The maximum absolute atomic E-state index is 10.8. The van der Waals surface area contributed by atoms with Gasteiger partial charge in [-0.05, 0) is 18.8 Å². The fraction of sp³-hybridized carbons (Fsp3) is 0.800. The van der Waals surface area contributed by atoms with Crippen LogP contribution in [0.15, 0.2) is 5.10 Å². The molecule has 0 aliphatic carbocycles. The Labute approximate surface area is 84.4 Å². The standard InChI is InChI=1S/C10H18N2O2/c1-7(2)5-9(13)6-8-3-4-10(14)12-11-8/h7,9,13H,3-6H2,1-2H3,(H,12,14). The average molecular weight is 198 g/mol. The zero-order valence-electron chi connectivity index (χ0n) is 8.79. The summed E-state index contributed by atoms with van der Waals surface area (Å²) in [4.78, 5) is 10.8. The molecule has 1 heterocycles. The molecule has 1 rings (SSSR count). The maximum Gasteiger partial charge on any atom is 0.240 e. The molecular formula is C10H18N2O2. The summed E-state index contributed by atoms with van der Waals surface area (Å²) in [6.45, 7) is 4.15. The van der Waals surface area contributed by atoms with Crippen molar-refractivity contribution in [3.63, 3.8) is 0 Å². The Morgan fingerprint density at radius 2 is 2.21 bits per heavy atom. The van der Waals surface area contributed by atoms with Crippen LogP contribution in [0.25, 0.3) is 0 Å². The summed E-state index contributed by atoms with van der Waals surface area (Å²) in [5, 5.41) is 13.6. The van der Waals surface area contributed by atoms with E-state index in [1.54, 1.807) is 0 Å². The SMILES string of the molecule is CC(C)CC(O)CC1=NNC(=O)CC1. The molecular weight excluding hydrogens is 180 g/mol. The molecule has 80 valence electrons. The third-order valence-electron chi connectivity index (χ3n) is 2.19. The van der Waals surface area contributed by atoms with Crippen molar-refractivity contribution in [2.45, 2.75) is 45.6 Å². The minimum Gasteiger partial charge on any atom is -0.393 e. The van der Waals surface area contributed by atoms with E-state index in [1.807, 2.05) is 0 Å². The Morgan fingerprint density at radius 1 is 1.50 bits per heavy atom. The minimum absolute atomic E-state index is 0.0351. The summed E-state index contributed by atoms with van der Waals surface area (Å²) in [7, 11) is 0. The van der Waals surface area contributed by atoms with Crippen molar-refractivity contribution < 1.29 is 9.90 Å². The molecule has 1 amide bonds. The lowest BCUT2D eigenvalue weighted by Crippen LogP contribution is -2.27. The van der Waals surface area contributed by atoms with Gasteiger partial charge in [0.15, 0.2) is 0 Å². The fourth-order valence-corrected chi connectivity index (χ4v) is 1.56. The lowest BCUT2D eigenvalue weighted by atomic mass is 9.99. The van der Waals surface area contributed by atoms with Crippen LogP contribution >= 0.6 is 0 Å². The van der Waals surface area contributed by atoms with E-state index >= 15 is 0 Å². The number of hydrogen-bond donors (Lipinski definition) is 2. The van der Waals surface area contributed by atoms with Crippen LogP contribution in [0.2, 0.25) is 0 Å². The fourth-order valence-electron chi connectivity index (χ4n) is 1.56. The second-order valence-corrected chi connectivity index (χ2v) is 4.20. The summed E-state index contributed by atoms with van der Waals surface area (Å²) >= 11 is 0. The van der Waals surface area contributed by atoms with Crippen molar-refractivity contribution in [1.29, 1.82) is 0 Å². The normalized spacial score (nSPS) is 19.1. The van der Waals surface area contributed by atoms with Crippen molar-refractivity contribution in [2.24, 2.45) is 11.0 Å². The number of amides is 1. The van der Waals surface area contributed by atoms with Crippen molar-refractivity contribution in [3.8, 4) is 0 Å². The van der Waals surface area contributed by atoms with Gasteiger partial charge in [-0.25, -0.2) is 5.43 Å². The topological polar surface area (TPSA) is 61.7 Å². The Bertz CT molecular complexity index is 236. The summed E-state index contributed by atoms with van der Waals surface area (Å²) < 4.78 is 0. The van der Waals surface area contributed by atoms with E-state index in [-0.39, 0.29) is 12.0 Å². The van der Waals surface area contributed by atoms with Crippen LogP contribution in [-0.4, -0.2) is 22.8 Å². The number of aliphatic hydroxyl groups excluding tert-OH is 1. The molecule has 1 unspecified atom stereocenters. The van der Waals surface area contributed by atoms with Crippen LogP contribution in [-0.2, 0) is 4.79 Å². The smallest absolute Gasteiger partial charge is 0.240 e. The van der Waals surface area contributed by atoms with Gasteiger partial charge in [-0.3, -0.25) is 4.79 Å². The molecule has 0 fully saturated rings. The van der Waals surface area contributed by atoms with E-state index in [0.29, 0.717) is 25.2 Å². The summed E-state index contributed by atoms with van der Waals surface area (Å²) in [6, 6.07) is 0. The van der Waals surface area contributed by atoms with E-state index in [1.165, 1.54) is 0 Å². The van der Waals surface area contributed by atoms with Crippen LogP contribution in [0.1, 0.15) is 39.5 Å². The zero-order chi connectivity index (χ0) is 10.6. The lowest BCUT2D eigenvalue weighted by molar-refractivity contribution is -0.121. The molecule has 0 bridgehead atoms. The van der Waals surface area contributed by atoms with Crippen LogP contribution < -0.4 is 5.43 Å². The first-order chi connectivity index (χ1) is 6.58. The Morgan fingerprint density at radius 3 is 2.71 bits per heavy atom. The van der Waals surface area contributed by atoms with Gasteiger partial charge in [-0.15, -0.1) is 0 Å². The van der Waals surface area contributed by atoms with Crippen molar-refractivity contribution >= 4 is 11.6 Å². The molecule has 1 atom stereocenters. The molecule has 1 aliphatic rings. The first kappa shape index (κ1) is 11.2. The third kappa shape index (κ3) is 3.87. The quantitative estimate of drug-likeness (QED) is 0.709. The Kier molecular flexibility index (Phi) is 4.07. The van der Waals surface area contributed by atoms with E-state index in [2.05, 4.69) is 24.4 Å². The van der Waals surface area contributed by atoms with Gasteiger partial charge in [0, 0.05) is 18.6 Å². The molecule has 2 N–H and O–H groups in total. The monoisotopic (exact) mass is 198 g/mol. The highest BCUT2D eigenvalue weighted by molar-refractivity contribution is 5.92. The molecule has 0 aromatic rings. The molecule has 0 saturated carbocycles. The zero-order valence-corrected chi connectivity index (χ0v) is 8.79. The predicted molar refractivity (Wildman–Crippen MR) is 54.9 cm³/mol. The number of nitrogens with one attached hydrogen (secondary N) is 1. The first-order valence-electron chi connectivity index (χ1n) is 5.10. The number of nitrogens with zero attached hydrogens (tertiary/aromatic N) is 1. The number of hydrazone groups is 1. The maximum atomic E-state index is 10.8. The highest BCUT2D eigenvalue weighted by atomic mass is 16.3. The van der Waals surface area contributed by atoms with Crippen LogP contribution in [0, 0.1) is 5.92 Å². The molecule has 0 aromatic heterocycles. The van der Waals surface area contributed by atoms with E-state index < -0.39 is 0 Å². The summed E-state index contributed by atoms with van der Waals surface area (Å²) in [5.74, 6) is 0.455. The number of carbonyl (C=O) groups excluding carboxylic acids is 1. The third-order valence-corrected chi connectivity index (χ3v) is 2.19. The molecule has 0 aromatic carbocycles. The molecule has 0 spiro atoms. The van der Waals surface area contributed by atoms with Crippen molar-refractivity contribution in [2.75, 3.05) is 0 Å². The molecule has 1 aliphatic heterocycles. The van der Waals surface area contributed by atoms with Gasteiger partial charge in [-0.2, -0.15) is 5.10 Å². The van der Waals surface area contributed by atoms with Gasteiger partial charge < -0.3 is 5.11 Å². The number of carbonyl (C=O) groups is 1. The van der Waals surface area contributed by atoms with E-state index in [0.717, 1.165) is 12.1 Å². The molecule has 0 radical (unpaired) electrons. The number of rotatable bonds is 4. The Hall–Kier alpha value is -0.900. The van der Waals surface area contributed by atoms with Gasteiger partial charge in [-0.1, -0.05) is 13.8 Å². The first-order valence-corrected chi connectivity index (χ1v) is 5.10. The minimum atomic E-state index is -0.330. The Balaban J connectivity index is 2.33. The van der Waals surface area contributed by atoms with Crippen molar-refractivity contribution in [3.05, 3.63) is 0 Å². The lowest BCUT2D eigenvalue weighted by Gasteiger charge is -2.16. The van der Waals surface area contributed by atoms with E-state index in [4.69, 9.17) is 0 Å². The molecule has 14 heavy (non-hydrogen) atoms. The van der Waals surface area contributed by atoms with Crippen LogP contribution in [0.3, 0.4) is 0 Å². The molecule has 4 heteroatoms. The van der Waals surface area contributed by atoms with Gasteiger partial charge in [0.1, 0.15) is 0 Å². The number of aliphatic hydroxyl groups is 1. The highest BCUT2D eigenvalue weighted by Gasteiger charge is 2.15. The predicted octanol–water partition coefficient (Wildman–Crippen LogP) is 1.05. The summed E-state index contributed by atoms with van der Waals surface area (Å²) in [5.41, 5.74) is 3.33. The van der Waals surface area contributed by atoms with Gasteiger partial charge in [0.05, 0.1) is 6.10 Å². The van der Waals surface area contributed by atoms with Crippen LogP contribution in [0.5, 0.6) is 0 Å². The highest BCUT2D eigenvalue weighted by Crippen LogP contribution is 2.11. The average Bonchev–Trinajstić information content (AvgIpc) is 2.07. The van der Waals surface area contributed by atoms with Crippen LogP contribution in [0.4, 0.5) is 0 Å².